The number of likely N-dealkylation sites (tertiary alicyclic amines) is 1. The van der Waals surface area contributed by atoms with Gasteiger partial charge in [0, 0.05) is 13.1 Å². The molecule has 0 radical (unpaired) electrons. The molecular formula is C14H26N2O3. The summed E-state index contributed by atoms with van der Waals surface area (Å²) < 4.78 is 0. The number of nitrogens with zero attached hydrogens (tertiary/aromatic N) is 1. The Balaban J connectivity index is 2.77. The first-order valence-electron chi connectivity index (χ1n) is 7.24. The van der Waals surface area contributed by atoms with E-state index in [4.69, 9.17) is 5.73 Å². The van der Waals surface area contributed by atoms with Crippen LogP contribution in [0.15, 0.2) is 0 Å². The fourth-order valence-electron chi connectivity index (χ4n) is 2.95. The van der Waals surface area contributed by atoms with Crippen LogP contribution in [0.25, 0.3) is 0 Å². The van der Waals surface area contributed by atoms with Gasteiger partial charge in [0.2, 0.25) is 5.91 Å². The molecule has 0 spiro atoms. The van der Waals surface area contributed by atoms with Crippen molar-refractivity contribution >= 4 is 11.9 Å². The highest BCUT2D eigenvalue weighted by atomic mass is 16.4. The number of piperidine rings is 1. The van der Waals surface area contributed by atoms with Gasteiger partial charge in [-0.3, -0.25) is 9.59 Å². The van der Waals surface area contributed by atoms with Gasteiger partial charge >= 0.3 is 5.97 Å². The van der Waals surface area contributed by atoms with E-state index in [0.717, 1.165) is 19.3 Å². The van der Waals surface area contributed by atoms with Gasteiger partial charge in [-0.05, 0) is 25.7 Å². The third-order valence-electron chi connectivity index (χ3n) is 3.99. The Morgan fingerprint density at radius 1 is 1.37 bits per heavy atom. The number of nitrogens with two attached hydrogens (primary N) is 1. The number of carboxylic acid groups (broad SMARTS) is 1. The number of rotatable bonds is 6. The first-order chi connectivity index (χ1) is 8.96. The summed E-state index contributed by atoms with van der Waals surface area (Å²) in [6, 6.07) is -0.490. The lowest BCUT2D eigenvalue weighted by atomic mass is 9.76. The molecule has 2 unspecified atom stereocenters. The fourth-order valence-corrected chi connectivity index (χ4v) is 2.95. The van der Waals surface area contributed by atoms with Crippen LogP contribution in [-0.2, 0) is 9.59 Å². The smallest absolute Gasteiger partial charge is 0.311 e. The maximum atomic E-state index is 12.2. The van der Waals surface area contributed by atoms with Crippen LogP contribution in [0, 0.1) is 5.41 Å². The summed E-state index contributed by atoms with van der Waals surface area (Å²) in [6.07, 6.45) is 4.35. The van der Waals surface area contributed by atoms with Crippen LogP contribution < -0.4 is 5.73 Å². The summed E-state index contributed by atoms with van der Waals surface area (Å²) >= 11 is 0. The highest BCUT2D eigenvalue weighted by molar-refractivity contribution is 5.83. The number of aliphatic carboxylic acids is 1. The second-order valence-electron chi connectivity index (χ2n) is 5.59. The van der Waals surface area contributed by atoms with Gasteiger partial charge in [-0.25, -0.2) is 0 Å². The van der Waals surface area contributed by atoms with E-state index in [2.05, 4.69) is 0 Å². The van der Waals surface area contributed by atoms with Crippen molar-refractivity contribution in [1.82, 2.24) is 4.90 Å². The van der Waals surface area contributed by atoms with E-state index in [0.29, 0.717) is 32.4 Å². The lowest BCUT2D eigenvalue weighted by molar-refractivity contribution is -0.155. The molecule has 1 aliphatic heterocycles. The van der Waals surface area contributed by atoms with Crippen LogP contribution in [0.2, 0.25) is 0 Å². The summed E-state index contributed by atoms with van der Waals surface area (Å²) in [5.41, 5.74) is 5.09. The summed E-state index contributed by atoms with van der Waals surface area (Å²) in [5, 5.41) is 9.49. The highest BCUT2D eigenvalue weighted by Crippen LogP contribution is 2.35. The average molecular weight is 270 g/mol. The number of carbonyl (C=O) groups is 2. The van der Waals surface area contributed by atoms with Crippen LogP contribution in [0.4, 0.5) is 0 Å². The molecule has 1 heterocycles. The Kier molecular flexibility index (Phi) is 5.79. The molecule has 3 N–H and O–H groups in total. The van der Waals surface area contributed by atoms with E-state index < -0.39 is 17.4 Å². The van der Waals surface area contributed by atoms with Gasteiger partial charge < -0.3 is 15.7 Å². The molecular weight excluding hydrogens is 244 g/mol. The maximum Gasteiger partial charge on any atom is 0.311 e. The van der Waals surface area contributed by atoms with Crippen molar-refractivity contribution in [2.75, 3.05) is 13.1 Å². The van der Waals surface area contributed by atoms with Crippen LogP contribution in [0.1, 0.15) is 52.4 Å². The molecule has 5 nitrogen and oxygen atoms in total. The zero-order valence-corrected chi connectivity index (χ0v) is 12.0. The van der Waals surface area contributed by atoms with E-state index in [9.17, 15) is 14.7 Å². The minimum absolute atomic E-state index is 0.0942. The van der Waals surface area contributed by atoms with Crippen LogP contribution in [0.3, 0.4) is 0 Å². The standard InChI is InChI=1S/C14H26N2O3/c1-3-6-11(15)12(17)16-9-5-8-14(10-16,7-4-2)13(18)19/h11H,3-10,15H2,1-2H3,(H,18,19). The fraction of sp³-hybridized carbons (Fsp3) is 0.857. The number of hydrogen-bond donors (Lipinski definition) is 2. The van der Waals surface area contributed by atoms with E-state index in [1.807, 2.05) is 13.8 Å². The molecule has 0 aromatic carbocycles. The Hall–Kier alpha value is -1.10. The molecule has 19 heavy (non-hydrogen) atoms. The molecule has 0 aromatic heterocycles. The Bertz CT molecular complexity index is 329. The van der Waals surface area contributed by atoms with Crippen LogP contribution in [0.5, 0.6) is 0 Å². The molecule has 0 bridgehead atoms. The lowest BCUT2D eigenvalue weighted by Crippen LogP contribution is -2.53. The Labute approximate surface area is 115 Å². The van der Waals surface area contributed by atoms with Gasteiger partial charge in [-0.15, -0.1) is 0 Å². The molecule has 0 aliphatic carbocycles. The minimum Gasteiger partial charge on any atom is -0.481 e. The molecule has 1 fully saturated rings. The first kappa shape index (κ1) is 16.0. The van der Waals surface area contributed by atoms with E-state index in [1.54, 1.807) is 4.90 Å². The average Bonchev–Trinajstić information content (AvgIpc) is 2.38. The summed E-state index contributed by atoms with van der Waals surface area (Å²) in [4.78, 5) is 25.4. The maximum absolute atomic E-state index is 12.2. The third kappa shape index (κ3) is 3.69. The third-order valence-corrected chi connectivity index (χ3v) is 3.99. The Morgan fingerprint density at radius 2 is 2.05 bits per heavy atom. The zero-order valence-electron chi connectivity index (χ0n) is 12.0. The van der Waals surface area contributed by atoms with E-state index in [1.165, 1.54) is 0 Å². The van der Waals surface area contributed by atoms with Crippen molar-refractivity contribution in [2.45, 2.75) is 58.4 Å². The molecule has 1 amide bonds. The van der Waals surface area contributed by atoms with E-state index in [-0.39, 0.29) is 5.91 Å². The predicted octanol–water partition coefficient (Wildman–Crippen LogP) is 1.61. The van der Waals surface area contributed by atoms with Gasteiger partial charge in [0.1, 0.15) is 0 Å². The second-order valence-corrected chi connectivity index (χ2v) is 5.59. The molecule has 2 atom stereocenters. The normalized spacial score (nSPS) is 25.1. The number of hydrogen-bond acceptors (Lipinski definition) is 3. The zero-order chi connectivity index (χ0) is 14.5. The number of amides is 1. The van der Waals surface area contributed by atoms with Crippen LogP contribution >= 0.6 is 0 Å². The summed E-state index contributed by atoms with van der Waals surface area (Å²) in [5.74, 6) is -0.876. The largest absolute Gasteiger partial charge is 0.481 e. The number of carbonyl (C=O) groups excluding carboxylic acids is 1. The van der Waals surface area contributed by atoms with Crippen molar-refractivity contribution in [3.05, 3.63) is 0 Å². The second kappa shape index (κ2) is 6.89. The summed E-state index contributed by atoms with van der Waals surface area (Å²) in [7, 11) is 0. The summed E-state index contributed by atoms with van der Waals surface area (Å²) in [6.45, 7) is 4.91. The van der Waals surface area contributed by atoms with Crippen molar-refractivity contribution in [1.29, 1.82) is 0 Å². The molecule has 110 valence electrons. The molecule has 1 aliphatic rings. The molecule has 0 saturated carbocycles. The lowest BCUT2D eigenvalue weighted by Gasteiger charge is -2.40. The van der Waals surface area contributed by atoms with E-state index >= 15 is 0 Å². The molecule has 5 heteroatoms. The van der Waals surface area contributed by atoms with Crippen molar-refractivity contribution in [3.63, 3.8) is 0 Å². The number of carboxylic acids is 1. The van der Waals surface area contributed by atoms with Gasteiger partial charge in [0.15, 0.2) is 0 Å². The predicted molar refractivity (Wildman–Crippen MR) is 73.7 cm³/mol. The molecule has 1 rings (SSSR count). The van der Waals surface area contributed by atoms with Gasteiger partial charge in [0.05, 0.1) is 11.5 Å². The van der Waals surface area contributed by atoms with Crippen molar-refractivity contribution in [3.8, 4) is 0 Å². The van der Waals surface area contributed by atoms with Gasteiger partial charge in [0.25, 0.3) is 0 Å². The van der Waals surface area contributed by atoms with Gasteiger partial charge in [-0.1, -0.05) is 26.7 Å². The minimum atomic E-state index is -0.782. The van der Waals surface area contributed by atoms with Gasteiger partial charge in [-0.2, -0.15) is 0 Å². The topological polar surface area (TPSA) is 83.6 Å². The highest BCUT2D eigenvalue weighted by Gasteiger charge is 2.43. The van der Waals surface area contributed by atoms with Crippen molar-refractivity contribution in [2.24, 2.45) is 11.1 Å². The Morgan fingerprint density at radius 3 is 2.58 bits per heavy atom. The molecule has 1 saturated heterocycles. The van der Waals surface area contributed by atoms with Crippen molar-refractivity contribution < 1.29 is 14.7 Å². The molecule has 0 aromatic rings. The first-order valence-corrected chi connectivity index (χ1v) is 7.24. The quantitative estimate of drug-likeness (QED) is 0.768. The monoisotopic (exact) mass is 270 g/mol. The van der Waals surface area contributed by atoms with Crippen LogP contribution in [-0.4, -0.2) is 41.0 Å². The SMILES string of the molecule is CCCC(N)C(=O)N1CCCC(CCC)(C(=O)O)C1.